The van der Waals surface area contributed by atoms with E-state index in [0.717, 1.165) is 12.8 Å². The van der Waals surface area contributed by atoms with Crippen molar-refractivity contribution >= 4 is 27.9 Å². The van der Waals surface area contributed by atoms with Gasteiger partial charge in [0.25, 0.3) is 0 Å². The minimum atomic E-state index is -0.681. The van der Waals surface area contributed by atoms with Crippen molar-refractivity contribution in [3.63, 3.8) is 0 Å². The molecule has 0 N–H and O–H groups in total. The van der Waals surface area contributed by atoms with Crippen LogP contribution in [0.5, 0.6) is 0 Å². The third kappa shape index (κ3) is 4.87. The Labute approximate surface area is 114 Å². The summed E-state index contributed by atoms with van der Waals surface area (Å²) < 4.78 is 0. The summed E-state index contributed by atoms with van der Waals surface area (Å²) in [7, 11) is 0. The van der Waals surface area contributed by atoms with E-state index in [-0.39, 0.29) is 0 Å². The van der Waals surface area contributed by atoms with Crippen LogP contribution in [0.2, 0.25) is 0 Å². The zero-order valence-corrected chi connectivity index (χ0v) is 11.7. The summed E-state index contributed by atoms with van der Waals surface area (Å²) in [5, 5.41) is 0. The average molecular weight is 315 g/mol. The molecule has 18 heavy (non-hydrogen) atoms. The molecule has 1 aromatic rings. The van der Waals surface area contributed by atoms with Crippen LogP contribution >= 0.6 is 15.9 Å². The van der Waals surface area contributed by atoms with E-state index in [2.05, 4.69) is 25.7 Å². The molecule has 0 aliphatic heterocycles. The Kier molecular flexibility index (Phi) is 6.43. The van der Waals surface area contributed by atoms with Crippen LogP contribution in [0.4, 0.5) is 0 Å². The number of unbranched alkanes of at least 4 members (excludes halogenated alkanes) is 1. The molecule has 0 saturated carbocycles. The summed E-state index contributed by atoms with van der Waals surface area (Å²) in [5.74, 6) is -1.27. The van der Waals surface area contributed by atoms with Crippen LogP contribution in [-0.2, 0) is 14.6 Å². The molecule has 5 heteroatoms. The van der Waals surface area contributed by atoms with Gasteiger partial charge in [-0.25, -0.2) is 19.4 Å². The van der Waals surface area contributed by atoms with Crippen LogP contribution in [0.3, 0.4) is 0 Å². The summed E-state index contributed by atoms with van der Waals surface area (Å²) >= 11 is 3.18. The molecular formula is C13H15BrO4. The minimum Gasteiger partial charge on any atom is -0.246 e. The minimum absolute atomic E-state index is 0.338. The molecule has 0 amide bonds. The van der Waals surface area contributed by atoms with E-state index in [4.69, 9.17) is 0 Å². The first kappa shape index (κ1) is 14.7. The highest BCUT2D eigenvalue weighted by Gasteiger charge is 2.19. The molecule has 0 spiro atoms. The highest BCUT2D eigenvalue weighted by Crippen LogP contribution is 2.12. The van der Waals surface area contributed by atoms with Crippen molar-refractivity contribution < 1.29 is 19.4 Å². The number of halogens is 1. The van der Waals surface area contributed by atoms with Gasteiger partial charge in [0.05, 0.1) is 5.56 Å². The molecular weight excluding hydrogens is 300 g/mol. The van der Waals surface area contributed by atoms with Crippen LogP contribution in [0.15, 0.2) is 30.3 Å². The second-order valence-electron chi connectivity index (χ2n) is 3.75. The number of rotatable bonds is 5. The van der Waals surface area contributed by atoms with E-state index in [0.29, 0.717) is 12.0 Å². The molecule has 98 valence electrons. The molecule has 4 nitrogen and oxygen atoms in total. The van der Waals surface area contributed by atoms with Crippen LogP contribution in [0.1, 0.15) is 36.5 Å². The van der Waals surface area contributed by atoms with Gasteiger partial charge in [0.1, 0.15) is 4.83 Å². The number of hydrogen-bond acceptors (Lipinski definition) is 4. The topological polar surface area (TPSA) is 52.6 Å². The molecule has 0 aromatic heterocycles. The lowest BCUT2D eigenvalue weighted by Gasteiger charge is -2.07. The van der Waals surface area contributed by atoms with Crippen molar-refractivity contribution in [2.24, 2.45) is 0 Å². The highest BCUT2D eigenvalue weighted by molar-refractivity contribution is 9.10. The van der Waals surface area contributed by atoms with E-state index >= 15 is 0 Å². The van der Waals surface area contributed by atoms with E-state index in [1.54, 1.807) is 30.3 Å². The Bertz CT molecular complexity index is 391. The fourth-order valence-electron chi connectivity index (χ4n) is 1.25. The molecule has 0 fully saturated rings. The molecule has 1 unspecified atom stereocenters. The van der Waals surface area contributed by atoms with Gasteiger partial charge in [-0.2, -0.15) is 0 Å². The van der Waals surface area contributed by atoms with Crippen LogP contribution in [0, 0.1) is 0 Å². The Morgan fingerprint density at radius 3 is 2.50 bits per heavy atom. The molecule has 1 rings (SSSR count). The molecule has 0 saturated heterocycles. The lowest BCUT2D eigenvalue weighted by atomic mass is 10.2. The first-order chi connectivity index (χ1) is 8.65. The Morgan fingerprint density at radius 1 is 1.22 bits per heavy atom. The van der Waals surface area contributed by atoms with Gasteiger partial charge >= 0.3 is 11.9 Å². The number of benzene rings is 1. The third-order valence-corrected chi connectivity index (χ3v) is 3.11. The number of carbonyl (C=O) groups is 2. The van der Waals surface area contributed by atoms with Crippen molar-refractivity contribution in [2.75, 3.05) is 0 Å². The first-order valence-electron chi connectivity index (χ1n) is 5.77. The van der Waals surface area contributed by atoms with Gasteiger partial charge in [-0.05, 0) is 18.6 Å². The van der Waals surface area contributed by atoms with E-state index in [1.807, 2.05) is 6.92 Å². The van der Waals surface area contributed by atoms with Gasteiger partial charge in [-0.15, -0.1) is 0 Å². The maximum atomic E-state index is 11.5. The van der Waals surface area contributed by atoms with E-state index < -0.39 is 16.8 Å². The number of carbonyl (C=O) groups excluding carboxylic acids is 2. The van der Waals surface area contributed by atoms with Crippen molar-refractivity contribution in [3.05, 3.63) is 35.9 Å². The highest BCUT2D eigenvalue weighted by atomic mass is 79.9. The zero-order valence-electron chi connectivity index (χ0n) is 10.1. The molecule has 0 radical (unpaired) electrons. The second kappa shape index (κ2) is 7.87. The molecule has 0 aliphatic rings. The predicted molar refractivity (Wildman–Crippen MR) is 70.2 cm³/mol. The van der Waals surface area contributed by atoms with Gasteiger partial charge in [0.15, 0.2) is 0 Å². The SMILES string of the molecule is CCCCC(Br)C(=O)OOC(=O)c1ccccc1. The molecule has 0 aliphatic carbocycles. The smallest absolute Gasteiger partial charge is 0.246 e. The summed E-state index contributed by atoms with van der Waals surface area (Å²) in [4.78, 5) is 31.4. The second-order valence-corrected chi connectivity index (χ2v) is 4.85. The lowest BCUT2D eigenvalue weighted by Crippen LogP contribution is -2.19. The number of alkyl halides is 1. The average Bonchev–Trinajstić information content (AvgIpc) is 2.42. The van der Waals surface area contributed by atoms with Gasteiger partial charge in [-0.1, -0.05) is 53.9 Å². The Hall–Kier alpha value is -1.36. The summed E-state index contributed by atoms with van der Waals surface area (Å²) in [6.07, 6.45) is 2.54. The predicted octanol–water partition coefficient (Wildman–Crippen LogP) is 3.26. The van der Waals surface area contributed by atoms with Gasteiger partial charge in [0, 0.05) is 0 Å². The zero-order chi connectivity index (χ0) is 13.4. The third-order valence-electron chi connectivity index (χ3n) is 2.28. The summed E-state index contributed by atoms with van der Waals surface area (Å²) in [6.45, 7) is 2.03. The fourth-order valence-corrected chi connectivity index (χ4v) is 1.65. The maximum absolute atomic E-state index is 11.5. The van der Waals surface area contributed by atoms with Crippen molar-refractivity contribution in [3.8, 4) is 0 Å². The van der Waals surface area contributed by atoms with Crippen LogP contribution < -0.4 is 0 Å². The molecule has 1 aromatic carbocycles. The van der Waals surface area contributed by atoms with Gasteiger partial charge in [0.2, 0.25) is 0 Å². The summed E-state index contributed by atoms with van der Waals surface area (Å²) in [5.41, 5.74) is 0.338. The monoisotopic (exact) mass is 314 g/mol. The Morgan fingerprint density at radius 2 is 1.89 bits per heavy atom. The number of hydrogen-bond donors (Lipinski definition) is 0. The normalized spacial score (nSPS) is 11.7. The Balaban J connectivity index is 2.36. The van der Waals surface area contributed by atoms with E-state index in [9.17, 15) is 9.59 Å². The van der Waals surface area contributed by atoms with Gasteiger partial charge in [-0.3, -0.25) is 0 Å². The first-order valence-corrected chi connectivity index (χ1v) is 6.68. The van der Waals surface area contributed by atoms with Crippen LogP contribution in [0.25, 0.3) is 0 Å². The van der Waals surface area contributed by atoms with Crippen LogP contribution in [-0.4, -0.2) is 16.8 Å². The standard InChI is InChI=1S/C13H15BrO4/c1-2-3-9-11(14)13(16)18-17-12(15)10-7-5-4-6-8-10/h4-8,11H,2-3,9H2,1H3. The largest absolute Gasteiger partial charge is 0.386 e. The molecule has 0 heterocycles. The quantitative estimate of drug-likeness (QED) is 0.475. The fraction of sp³-hybridized carbons (Fsp3) is 0.385. The van der Waals surface area contributed by atoms with E-state index in [1.165, 1.54) is 0 Å². The lowest BCUT2D eigenvalue weighted by molar-refractivity contribution is -0.233. The maximum Gasteiger partial charge on any atom is 0.386 e. The summed E-state index contributed by atoms with van der Waals surface area (Å²) in [6, 6.07) is 8.35. The molecule has 0 bridgehead atoms. The van der Waals surface area contributed by atoms with Gasteiger partial charge < -0.3 is 0 Å². The van der Waals surface area contributed by atoms with Crippen molar-refractivity contribution in [2.45, 2.75) is 31.0 Å². The van der Waals surface area contributed by atoms with Crippen molar-refractivity contribution in [1.82, 2.24) is 0 Å². The molecule has 1 atom stereocenters. The van der Waals surface area contributed by atoms with Crippen molar-refractivity contribution in [1.29, 1.82) is 0 Å².